The maximum absolute atomic E-state index is 13.5. The fraction of sp³-hybridized carbons (Fsp3) is 0.385. The van der Waals surface area contributed by atoms with Crippen LogP contribution in [0.25, 0.3) is 6.08 Å². The van der Waals surface area contributed by atoms with Gasteiger partial charge in [0.25, 0.3) is 0 Å². The van der Waals surface area contributed by atoms with E-state index in [1.807, 2.05) is 65.7 Å². The molecule has 0 saturated carbocycles. The number of nitrogens with one attached hydrogen (secondary N) is 1. The van der Waals surface area contributed by atoms with Crippen molar-refractivity contribution in [3.63, 3.8) is 0 Å². The first-order valence-corrected chi connectivity index (χ1v) is 16.4. The molecule has 1 heterocycles. The van der Waals surface area contributed by atoms with Crippen molar-refractivity contribution in [2.75, 3.05) is 13.7 Å². The smallest absolute Gasteiger partial charge is 0.171 e. The van der Waals surface area contributed by atoms with Crippen LogP contribution in [0.5, 0.6) is 5.75 Å². The van der Waals surface area contributed by atoms with Crippen molar-refractivity contribution in [1.82, 2.24) is 10.4 Å². The second-order valence-corrected chi connectivity index (χ2v) is 13.0. The zero-order chi connectivity index (χ0) is 36.5. The molecule has 2 atom stereocenters. The summed E-state index contributed by atoms with van der Waals surface area (Å²) in [6.07, 6.45) is 4.81. The predicted molar refractivity (Wildman–Crippen MR) is 185 cm³/mol. The molecule has 3 aromatic carbocycles. The van der Waals surface area contributed by atoms with E-state index in [2.05, 4.69) is 66.4 Å². The van der Waals surface area contributed by atoms with Crippen molar-refractivity contribution < 1.29 is 48.2 Å². The van der Waals surface area contributed by atoms with Gasteiger partial charge in [-0.1, -0.05) is 54.4 Å². The SMILES string of the molecule is [CH2-]C(CC(CON1C(C)(C)CC(NC(C)=O)CC1(C)C)C(=O)Oc1ccc(/C=C/C(=O)OC)cc1)c1ccccc1.[O]=[Co].[c-]1ccccc1. The first-order valence-electron chi connectivity index (χ1n) is 16.0. The number of ether oxygens (including phenoxy) is 2. The van der Waals surface area contributed by atoms with Gasteiger partial charge in [0, 0.05) is 30.1 Å². The number of benzene rings is 3. The van der Waals surface area contributed by atoms with Crippen LogP contribution < -0.4 is 10.1 Å². The maximum atomic E-state index is 13.5. The number of methoxy groups -OCH3 is 1. The van der Waals surface area contributed by atoms with E-state index in [4.69, 9.17) is 13.4 Å². The quantitative estimate of drug-likeness (QED) is 0.0993. The largest absolute Gasteiger partial charge is 0.184 e. The topological polar surface area (TPSA) is 111 Å². The Hall–Kier alpha value is -3.96. The Morgan fingerprint density at radius 1 is 0.959 bits per heavy atom. The molecule has 2 unspecified atom stereocenters. The molecule has 49 heavy (non-hydrogen) atoms. The summed E-state index contributed by atoms with van der Waals surface area (Å²) in [5.41, 5.74) is 1.02. The normalized spacial score (nSPS) is 16.5. The zero-order valence-electron chi connectivity index (χ0n) is 29.1. The van der Waals surface area contributed by atoms with Gasteiger partial charge in [0.05, 0.1) is 19.6 Å². The van der Waals surface area contributed by atoms with Crippen LogP contribution in [0.2, 0.25) is 0 Å². The third kappa shape index (κ3) is 14.2. The maximum Gasteiger partial charge on any atom is -0.171 e. The summed E-state index contributed by atoms with van der Waals surface area (Å²) in [5.74, 6) is -1.24. The second kappa shape index (κ2) is 20.5. The van der Waals surface area contributed by atoms with Gasteiger partial charge in [0.2, 0.25) is 5.91 Å². The summed E-state index contributed by atoms with van der Waals surface area (Å²) < 4.78 is 18.3. The molecule has 1 aliphatic heterocycles. The van der Waals surface area contributed by atoms with Crippen LogP contribution in [0.3, 0.4) is 0 Å². The Morgan fingerprint density at radius 3 is 2.02 bits per heavy atom. The van der Waals surface area contributed by atoms with Crippen LogP contribution in [0.15, 0.2) is 91.0 Å². The molecular weight excluding hydrogens is 667 g/mol. The van der Waals surface area contributed by atoms with Crippen LogP contribution in [-0.4, -0.2) is 53.7 Å². The number of hydrogen-bond donors (Lipinski definition) is 1. The Labute approximate surface area is 299 Å². The summed E-state index contributed by atoms with van der Waals surface area (Å²) in [6.45, 7) is 14.3. The molecule has 9 nitrogen and oxygen atoms in total. The molecule has 3 aromatic rings. The molecule has 0 radical (unpaired) electrons. The van der Waals surface area contributed by atoms with E-state index in [0.717, 1.165) is 11.1 Å². The molecule has 1 saturated heterocycles. The first-order chi connectivity index (χ1) is 23.3. The number of carbonyl (C=O) groups is 3. The zero-order valence-corrected chi connectivity index (χ0v) is 30.2. The van der Waals surface area contributed by atoms with E-state index in [9.17, 15) is 14.4 Å². The molecule has 267 valence electrons. The van der Waals surface area contributed by atoms with Crippen molar-refractivity contribution in [3.05, 3.63) is 115 Å². The van der Waals surface area contributed by atoms with Gasteiger partial charge in [-0.3, -0.25) is 14.4 Å². The number of hydroxylamine groups is 2. The number of amides is 1. The van der Waals surface area contributed by atoms with Gasteiger partial charge in [-0.25, -0.2) is 4.79 Å². The van der Waals surface area contributed by atoms with E-state index in [1.54, 1.807) is 30.3 Å². The van der Waals surface area contributed by atoms with Gasteiger partial charge in [0.1, 0.15) is 5.75 Å². The van der Waals surface area contributed by atoms with Gasteiger partial charge in [-0.05, 0) is 64.3 Å². The number of nitrogens with zero attached hydrogens (tertiary/aromatic N) is 1. The van der Waals surface area contributed by atoms with Gasteiger partial charge in [-0.15, -0.1) is 5.92 Å². The fourth-order valence-corrected chi connectivity index (χ4v) is 6.02. The van der Waals surface area contributed by atoms with E-state index < -0.39 is 17.9 Å². The Kier molecular flexibility index (Phi) is 17.3. The number of piperidine rings is 1. The van der Waals surface area contributed by atoms with Gasteiger partial charge in [0.15, 0.2) is 0 Å². The number of esters is 2. The van der Waals surface area contributed by atoms with Crippen LogP contribution in [-0.2, 0) is 43.5 Å². The molecule has 0 aromatic heterocycles. The molecule has 0 bridgehead atoms. The summed E-state index contributed by atoms with van der Waals surface area (Å²) >= 11 is 2.31. The van der Waals surface area contributed by atoms with Crippen LogP contribution in [0.4, 0.5) is 0 Å². The molecule has 4 rings (SSSR count). The molecule has 1 fully saturated rings. The van der Waals surface area contributed by atoms with Gasteiger partial charge < -0.3 is 21.7 Å². The molecule has 0 aliphatic carbocycles. The minimum Gasteiger partial charge on any atom is -0.184 e. The molecule has 1 N–H and O–H groups in total. The Bertz CT molecular complexity index is 1420. The first kappa shape index (κ1) is 41.2. The van der Waals surface area contributed by atoms with Crippen molar-refractivity contribution in [1.29, 1.82) is 0 Å². The van der Waals surface area contributed by atoms with E-state index in [1.165, 1.54) is 20.1 Å². The van der Waals surface area contributed by atoms with Crippen LogP contribution in [0.1, 0.15) is 70.9 Å². The minimum absolute atomic E-state index is 0.0332. The third-order valence-electron chi connectivity index (χ3n) is 7.90. The number of carbonyl (C=O) groups excluding carboxylic acids is 3. The average molecular weight is 716 g/mol. The molecule has 10 heteroatoms. The summed E-state index contributed by atoms with van der Waals surface area (Å²) in [5, 5.41) is 5.03. The van der Waals surface area contributed by atoms with Crippen molar-refractivity contribution >= 4 is 23.9 Å². The Balaban J connectivity index is 0.000000923. The van der Waals surface area contributed by atoms with Crippen molar-refractivity contribution in [2.45, 2.75) is 76.9 Å². The average Bonchev–Trinajstić information content (AvgIpc) is 3.08. The van der Waals surface area contributed by atoms with E-state index >= 15 is 0 Å². The number of rotatable bonds is 11. The molecule has 0 spiro atoms. The second-order valence-electron chi connectivity index (χ2n) is 13.0. The van der Waals surface area contributed by atoms with Crippen molar-refractivity contribution in [3.8, 4) is 5.75 Å². The minimum atomic E-state index is -0.587. The molecule has 1 aliphatic rings. The Morgan fingerprint density at radius 2 is 1.53 bits per heavy atom. The predicted octanol–water partition coefficient (Wildman–Crippen LogP) is 6.86. The standard InChI is InChI=1S/C33H43N2O6.C6H5.Co.O/c1-23(26-11-9-8-10-12-26)19-27(31(38)41-29-16-13-25(14-17-29)15-18-30(37)39-7)22-40-35-32(3,4)20-28(34-24(2)36)21-33(35,5)6;1-2-4-6-5-3-1;;/h8-18,23,27-28H,1,19-22H2,2-7H3,(H,34,36);1-5H;;/q2*-1;;/b18-15+;;;. The fourth-order valence-electron chi connectivity index (χ4n) is 6.02. The monoisotopic (exact) mass is 715 g/mol. The van der Waals surface area contributed by atoms with Gasteiger partial charge >= 0.3 is 31.5 Å². The van der Waals surface area contributed by atoms with E-state index in [0.29, 0.717) is 25.0 Å². The van der Waals surface area contributed by atoms with Crippen LogP contribution >= 0.6 is 0 Å². The van der Waals surface area contributed by atoms with E-state index in [-0.39, 0.29) is 35.6 Å². The molecular formula is C39H48CoN2O7-2. The van der Waals surface area contributed by atoms with Crippen molar-refractivity contribution in [2.24, 2.45) is 5.92 Å². The summed E-state index contributed by atoms with van der Waals surface area (Å²) in [4.78, 5) is 43.1. The van der Waals surface area contributed by atoms with Gasteiger partial charge in [-0.2, -0.15) is 41.5 Å². The number of hydrogen-bond acceptors (Lipinski definition) is 8. The third-order valence-corrected chi connectivity index (χ3v) is 7.90. The summed E-state index contributed by atoms with van der Waals surface area (Å²) in [6, 6.07) is 29.3. The summed E-state index contributed by atoms with van der Waals surface area (Å²) in [7, 11) is 1.32. The molecule has 1 amide bonds. The van der Waals surface area contributed by atoms with Crippen LogP contribution in [0, 0.1) is 18.9 Å².